The molecule has 0 atom stereocenters. The average molecular weight is 348 g/mol. The number of para-hydroxylation sites is 1. The molecule has 0 amide bonds. The summed E-state index contributed by atoms with van der Waals surface area (Å²) in [6.45, 7) is 3.99. The van der Waals surface area contributed by atoms with Gasteiger partial charge in [0.1, 0.15) is 11.3 Å². The molecule has 0 saturated heterocycles. The first-order valence-electron chi connectivity index (χ1n) is 7.33. The number of hydrogen-bond donors (Lipinski definition) is 0. The van der Waals surface area contributed by atoms with Crippen molar-refractivity contribution < 1.29 is 12.8 Å². The predicted molar refractivity (Wildman–Crippen MR) is 97.5 cm³/mol. The summed E-state index contributed by atoms with van der Waals surface area (Å²) < 4.78 is 17.2. The van der Waals surface area contributed by atoms with Gasteiger partial charge in [0.2, 0.25) is 5.43 Å². The van der Waals surface area contributed by atoms with E-state index in [2.05, 4.69) is 0 Å². The van der Waals surface area contributed by atoms with Gasteiger partial charge in [0.25, 0.3) is 0 Å². The molecule has 0 spiro atoms. The molecule has 3 aromatic rings. The predicted octanol–water partition coefficient (Wildman–Crippen LogP) is 5.04. The largest absolute Gasteiger partial charge is 0.452 e. The Kier molecular flexibility index (Phi) is 5.03. The third-order valence-electron chi connectivity index (χ3n) is 3.16. The average Bonchev–Trinajstić information content (AvgIpc) is 2.58. The van der Waals surface area contributed by atoms with E-state index in [0.29, 0.717) is 33.4 Å². The molecule has 2 aromatic carbocycles. The lowest BCUT2D eigenvalue weighted by molar-refractivity contribution is 0.590. The van der Waals surface area contributed by atoms with E-state index in [1.165, 1.54) is 24.1 Å². The highest BCUT2D eigenvalue weighted by Crippen LogP contribution is 2.34. The fraction of sp³-hybridized carbons (Fsp3) is 0.235. The number of benzene rings is 2. The lowest BCUT2D eigenvalue weighted by atomic mass is 10.1. The van der Waals surface area contributed by atoms with E-state index in [9.17, 15) is 4.79 Å². The van der Waals surface area contributed by atoms with Crippen LogP contribution in [0.3, 0.4) is 0 Å². The van der Waals surface area contributed by atoms with Crippen LogP contribution in [0.2, 0.25) is 0 Å². The van der Waals surface area contributed by atoms with E-state index in [4.69, 9.17) is 12.8 Å². The lowest BCUT2D eigenvalue weighted by Crippen LogP contribution is -2.03. The van der Waals surface area contributed by atoms with Crippen LogP contribution in [0, 0.1) is 0 Å². The molecule has 1 aromatic heterocycles. The standard InChI is InChI=1S/C17H16O4S2/c1-3-22-20-11-9-13-16(18)12-7-5-6-8-14(12)19-17(13)15(10-11)21-23-4-2/h5-10H,3-4H2,1-2H3. The molecular formula is C17H16O4S2. The SMILES string of the molecule is CCSOc1cc(OSCC)c2oc3ccccc3c(=O)c2c1. The van der Waals surface area contributed by atoms with Gasteiger partial charge in [0, 0.05) is 17.6 Å². The van der Waals surface area contributed by atoms with Crippen LogP contribution < -0.4 is 13.8 Å². The second kappa shape index (κ2) is 7.19. The van der Waals surface area contributed by atoms with Gasteiger partial charge in [0.05, 0.1) is 34.9 Å². The Morgan fingerprint density at radius 3 is 2.52 bits per heavy atom. The summed E-state index contributed by atoms with van der Waals surface area (Å²) in [5.74, 6) is 2.68. The molecule has 0 aliphatic rings. The van der Waals surface area contributed by atoms with Gasteiger partial charge in [0.15, 0.2) is 11.3 Å². The number of hydrogen-bond acceptors (Lipinski definition) is 6. The van der Waals surface area contributed by atoms with E-state index in [0.717, 1.165) is 11.5 Å². The molecule has 23 heavy (non-hydrogen) atoms. The van der Waals surface area contributed by atoms with Gasteiger partial charge in [-0.25, -0.2) is 0 Å². The van der Waals surface area contributed by atoms with Crippen LogP contribution in [0.4, 0.5) is 0 Å². The van der Waals surface area contributed by atoms with Crippen LogP contribution in [0.15, 0.2) is 45.6 Å². The molecule has 0 aliphatic carbocycles. The van der Waals surface area contributed by atoms with Crippen LogP contribution >= 0.6 is 24.1 Å². The summed E-state index contributed by atoms with van der Waals surface area (Å²) in [7, 11) is 0. The Morgan fingerprint density at radius 1 is 1.00 bits per heavy atom. The van der Waals surface area contributed by atoms with Crippen molar-refractivity contribution in [3.05, 3.63) is 46.6 Å². The van der Waals surface area contributed by atoms with Gasteiger partial charge in [-0.3, -0.25) is 4.79 Å². The third-order valence-corrected chi connectivity index (χ3v) is 4.24. The van der Waals surface area contributed by atoms with E-state index >= 15 is 0 Å². The zero-order valence-electron chi connectivity index (χ0n) is 12.8. The first-order chi connectivity index (χ1) is 11.2. The minimum atomic E-state index is -0.0832. The molecule has 0 aliphatic heterocycles. The second-order valence-electron chi connectivity index (χ2n) is 4.71. The molecule has 0 fully saturated rings. The van der Waals surface area contributed by atoms with Gasteiger partial charge < -0.3 is 12.8 Å². The van der Waals surface area contributed by atoms with E-state index in [1.807, 2.05) is 26.0 Å². The maximum atomic E-state index is 12.8. The first-order valence-corrected chi connectivity index (χ1v) is 9.15. The third kappa shape index (κ3) is 3.28. The molecule has 120 valence electrons. The highest BCUT2D eigenvalue weighted by Gasteiger charge is 2.15. The zero-order valence-corrected chi connectivity index (χ0v) is 14.5. The van der Waals surface area contributed by atoms with Crippen molar-refractivity contribution in [2.24, 2.45) is 0 Å². The minimum Gasteiger partial charge on any atom is -0.452 e. The Morgan fingerprint density at radius 2 is 1.74 bits per heavy atom. The van der Waals surface area contributed by atoms with Crippen LogP contribution in [0.25, 0.3) is 21.9 Å². The number of rotatable bonds is 6. The molecular weight excluding hydrogens is 332 g/mol. The van der Waals surface area contributed by atoms with Crippen LogP contribution in [-0.4, -0.2) is 11.5 Å². The molecule has 4 nitrogen and oxygen atoms in total. The van der Waals surface area contributed by atoms with Crippen LogP contribution in [-0.2, 0) is 0 Å². The van der Waals surface area contributed by atoms with Crippen molar-refractivity contribution in [2.75, 3.05) is 11.5 Å². The van der Waals surface area contributed by atoms with Crippen LogP contribution in [0.5, 0.6) is 11.5 Å². The van der Waals surface area contributed by atoms with E-state index in [1.54, 1.807) is 24.3 Å². The molecule has 0 saturated carbocycles. The Hall–Kier alpha value is -1.79. The van der Waals surface area contributed by atoms with Crippen LogP contribution in [0.1, 0.15) is 13.8 Å². The Bertz CT molecular complexity index is 889. The first kappa shape index (κ1) is 16.1. The summed E-state index contributed by atoms with van der Waals surface area (Å²) >= 11 is 2.61. The highest BCUT2D eigenvalue weighted by molar-refractivity contribution is 7.95. The zero-order chi connectivity index (χ0) is 16.2. The second-order valence-corrected chi connectivity index (χ2v) is 6.66. The summed E-state index contributed by atoms with van der Waals surface area (Å²) in [6, 6.07) is 10.7. The van der Waals surface area contributed by atoms with Gasteiger partial charge >= 0.3 is 0 Å². The van der Waals surface area contributed by atoms with Crippen molar-refractivity contribution >= 4 is 46.0 Å². The van der Waals surface area contributed by atoms with Gasteiger partial charge in [-0.1, -0.05) is 26.0 Å². The minimum absolute atomic E-state index is 0.0832. The summed E-state index contributed by atoms with van der Waals surface area (Å²) in [5.41, 5.74) is 0.914. The Labute approximate surface area is 142 Å². The highest BCUT2D eigenvalue weighted by atomic mass is 32.2. The fourth-order valence-electron chi connectivity index (χ4n) is 2.21. The smallest absolute Gasteiger partial charge is 0.200 e. The van der Waals surface area contributed by atoms with Gasteiger partial charge in [-0.05, 0) is 18.2 Å². The lowest BCUT2D eigenvalue weighted by Gasteiger charge is -2.10. The Balaban J connectivity index is 2.25. The van der Waals surface area contributed by atoms with Crippen molar-refractivity contribution in [3.63, 3.8) is 0 Å². The molecule has 6 heteroatoms. The molecule has 3 rings (SSSR count). The van der Waals surface area contributed by atoms with Crippen molar-refractivity contribution in [1.82, 2.24) is 0 Å². The molecule has 0 bridgehead atoms. The monoisotopic (exact) mass is 348 g/mol. The molecule has 0 radical (unpaired) electrons. The summed E-state index contributed by atoms with van der Waals surface area (Å²) in [4.78, 5) is 12.8. The maximum Gasteiger partial charge on any atom is 0.200 e. The summed E-state index contributed by atoms with van der Waals surface area (Å²) in [6.07, 6.45) is 0. The molecule has 0 unspecified atom stereocenters. The fourth-order valence-corrected chi connectivity index (χ4v) is 2.93. The van der Waals surface area contributed by atoms with Crippen molar-refractivity contribution in [1.29, 1.82) is 0 Å². The molecule has 1 heterocycles. The normalized spacial score (nSPS) is 11.0. The molecule has 0 N–H and O–H groups in total. The van der Waals surface area contributed by atoms with Gasteiger partial charge in [-0.15, -0.1) is 0 Å². The van der Waals surface area contributed by atoms with Gasteiger partial charge in [-0.2, -0.15) is 0 Å². The van der Waals surface area contributed by atoms with E-state index < -0.39 is 0 Å². The number of fused-ring (bicyclic) bond motifs is 2. The van der Waals surface area contributed by atoms with Crippen molar-refractivity contribution in [2.45, 2.75) is 13.8 Å². The topological polar surface area (TPSA) is 48.7 Å². The summed E-state index contributed by atoms with van der Waals surface area (Å²) in [5, 5.41) is 1.01. The van der Waals surface area contributed by atoms with Crippen molar-refractivity contribution in [3.8, 4) is 11.5 Å². The maximum absolute atomic E-state index is 12.8. The van der Waals surface area contributed by atoms with E-state index in [-0.39, 0.29) is 5.43 Å². The quantitative estimate of drug-likeness (QED) is 0.459.